The zero-order chi connectivity index (χ0) is 16.5. The summed E-state index contributed by atoms with van der Waals surface area (Å²) in [5.74, 6) is 1.54. The average Bonchev–Trinajstić information content (AvgIpc) is 3.41. The molecule has 0 radical (unpaired) electrons. The topological polar surface area (TPSA) is 85.5 Å². The van der Waals surface area contributed by atoms with Gasteiger partial charge in [-0.3, -0.25) is 4.79 Å². The second-order valence-corrected chi connectivity index (χ2v) is 5.78. The molecular weight excluding hydrogens is 310 g/mol. The van der Waals surface area contributed by atoms with Crippen molar-refractivity contribution in [1.82, 2.24) is 15.2 Å². The molecule has 1 aliphatic rings. The third-order valence-electron chi connectivity index (χ3n) is 4.27. The van der Waals surface area contributed by atoms with E-state index in [0.29, 0.717) is 18.1 Å². The van der Waals surface area contributed by atoms with Gasteiger partial charge in [0, 0.05) is 18.7 Å². The number of hydrogen-bond donors (Lipinski definition) is 0. The van der Waals surface area contributed by atoms with E-state index >= 15 is 0 Å². The lowest BCUT2D eigenvalue weighted by Crippen LogP contribution is -2.30. The van der Waals surface area contributed by atoms with Crippen LogP contribution in [0.3, 0.4) is 0 Å². The summed E-state index contributed by atoms with van der Waals surface area (Å²) in [6, 6.07) is 6.94. The molecule has 1 atom stereocenters. The number of carbonyl (C=O) groups is 1. The summed E-state index contributed by atoms with van der Waals surface area (Å²) in [4.78, 5) is 14.6. The normalized spacial score (nSPS) is 17.5. The molecule has 24 heavy (non-hydrogen) atoms. The Labute approximate surface area is 138 Å². The van der Waals surface area contributed by atoms with Gasteiger partial charge in [-0.05, 0) is 31.4 Å². The molecule has 0 bridgehead atoms. The highest BCUT2D eigenvalue weighted by molar-refractivity contribution is 5.93. The minimum Gasteiger partial charge on any atom is -0.461 e. The van der Waals surface area contributed by atoms with Crippen LogP contribution in [-0.2, 0) is 6.42 Å². The fraction of sp³-hybridized carbons (Fsp3) is 0.353. The molecule has 3 aromatic heterocycles. The number of likely N-dealkylation sites (tertiary alicyclic amines) is 1. The first-order valence-electron chi connectivity index (χ1n) is 8.03. The van der Waals surface area contributed by atoms with Gasteiger partial charge in [-0.15, -0.1) is 0 Å². The Balaban J connectivity index is 1.57. The van der Waals surface area contributed by atoms with E-state index in [4.69, 9.17) is 13.5 Å². The molecule has 0 N–H and O–H groups in total. The molecule has 1 saturated heterocycles. The quantitative estimate of drug-likeness (QED) is 0.729. The number of rotatable bonds is 4. The number of nitrogens with zero attached hydrogens (tertiary/aromatic N) is 3. The standard InChI is InChI=1S/C17H17N3O4/c1-2-11-9-15(23-18-11)13-5-3-7-20(13)17(21)12-10-16(24-19-12)14-6-4-8-22-14/h4,6,8-10,13H,2-3,5,7H2,1H3/t13-/m1/s1. The molecule has 1 fully saturated rings. The smallest absolute Gasteiger partial charge is 0.276 e. The van der Waals surface area contributed by atoms with Gasteiger partial charge in [0.15, 0.2) is 17.2 Å². The molecule has 0 aliphatic carbocycles. The second kappa shape index (κ2) is 5.99. The first-order chi connectivity index (χ1) is 11.8. The number of aromatic nitrogens is 2. The van der Waals surface area contributed by atoms with Crippen molar-refractivity contribution in [3.05, 3.63) is 47.7 Å². The third kappa shape index (κ3) is 2.51. The van der Waals surface area contributed by atoms with Gasteiger partial charge in [-0.1, -0.05) is 17.2 Å². The number of hydrogen-bond acceptors (Lipinski definition) is 6. The van der Waals surface area contributed by atoms with Gasteiger partial charge in [0.1, 0.15) is 0 Å². The molecule has 3 aromatic rings. The Kier molecular flexibility index (Phi) is 3.68. The van der Waals surface area contributed by atoms with E-state index in [1.807, 2.05) is 13.0 Å². The van der Waals surface area contributed by atoms with Gasteiger partial charge in [-0.2, -0.15) is 0 Å². The fourth-order valence-corrected chi connectivity index (χ4v) is 3.02. The molecule has 4 heterocycles. The summed E-state index contributed by atoms with van der Waals surface area (Å²) in [5.41, 5.74) is 1.16. The summed E-state index contributed by atoms with van der Waals surface area (Å²) in [6.07, 6.45) is 4.12. The van der Waals surface area contributed by atoms with Gasteiger partial charge in [0.25, 0.3) is 5.91 Å². The van der Waals surface area contributed by atoms with Gasteiger partial charge in [-0.25, -0.2) is 0 Å². The highest BCUT2D eigenvalue weighted by Crippen LogP contribution is 2.34. The fourth-order valence-electron chi connectivity index (χ4n) is 3.02. The monoisotopic (exact) mass is 327 g/mol. The largest absolute Gasteiger partial charge is 0.461 e. The van der Waals surface area contributed by atoms with Crippen molar-refractivity contribution in [2.75, 3.05) is 6.54 Å². The summed E-state index contributed by atoms with van der Waals surface area (Å²) in [7, 11) is 0. The van der Waals surface area contributed by atoms with E-state index in [-0.39, 0.29) is 17.6 Å². The SMILES string of the molecule is CCc1cc([C@H]2CCCN2C(=O)c2cc(-c3ccco3)on2)on1. The van der Waals surface area contributed by atoms with Gasteiger partial charge in [0.2, 0.25) is 5.76 Å². The lowest BCUT2D eigenvalue weighted by atomic mass is 10.1. The van der Waals surface area contributed by atoms with Crippen molar-refractivity contribution in [3.63, 3.8) is 0 Å². The Morgan fingerprint density at radius 3 is 2.96 bits per heavy atom. The molecule has 0 aromatic carbocycles. The number of aryl methyl sites for hydroxylation is 1. The number of furan rings is 1. The van der Waals surface area contributed by atoms with Crippen LogP contribution in [0.5, 0.6) is 0 Å². The van der Waals surface area contributed by atoms with Crippen LogP contribution in [0, 0.1) is 0 Å². The maximum Gasteiger partial charge on any atom is 0.276 e. The van der Waals surface area contributed by atoms with Crippen molar-refractivity contribution in [2.45, 2.75) is 32.2 Å². The van der Waals surface area contributed by atoms with E-state index in [9.17, 15) is 4.79 Å². The molecule has 7 heteroatoms. The zero-order valence-electron chi connectivity index (χ0n) is 13.3. The molecule has 7 nitrogen and oxygen atoms in total. The summed E-state index contributed by atoms with van der Waals surface area (Å²) < 4.78 is 15.9. The highest BCUT2D eigenvalue weighted by Gasteiger charge is 2.34. The molecule has 4 rings (SSSR count). The van der Waals surface area contributed by atoms with Crippen LogP contribution in [0.25, 0.3) is 11.5 Å². The first kappa shape index (κ1) is 14.7. The maximum atomic E-state index is 12.8. The Bertz CT molecular complexity index is 834. The van der Waals surface area contributed by atoms with Crippen molar-refractivity contribution in [3.8, 4) is 11.5 Å². The van der Waals surface area contributed by atoms with Crippen molar-refractivity contribution in [1.29, 1.82) is 0 Å². The highest BCUT2D eigenvalue weighted by atomic mass is 16.5. The summed E-state index contributed by atoms with van der Waals surface area (Å²) in [5, 5.41) is 7.92. The molecule has 1 aliphatic heterocycles. The van der Waals surface area contributed by atoms with Crippen molar-refractivity contribution < 1.29 is 18.3 Å². The average molecular weight is 327 g/mol. The molecule has 0 unspecified atom stereocenters. The minimum absolute atomic E-state index is 0.103. The lowest BCUT2D eigenvalue weighted by Gasteiger charge is -2.21. The molecule has 0 spiro atoms. The van der Waals surface area contributed by atoms with Crippen LogP contribution in [-0.4, -0.2) is 27.7 Å². The van der Waals surface area contributed by atoms with Gasteiger partial charge >= 0.3 is 0 Å². The minimum atomic E-state index is -0.173. The van der Waals surface area contributed by atoms with Crippen LogP contribution in [0.2, 0.25) is 0 Å². The molecule has 0 saturated carbocycles. The third-order valence-corrected chi connectivity index (χ3v) is 4.27. The van der Waals surface area contributed by atoms with Gasteiger partial charge < -0.3 is 18.4 Å². The second-order valence-electron chi connectivity index (χ2n) is 5.78. The van der Waals surface area contributed by atoms with Crippen LogP contribution in [0.15, 0.2) is 44.0 Å². The van der Waals surface area contributed by atoms with Crippen LogP contribution in [0.4, 0.5) is 0 Å². The number of amides is 1. The molecule has 124 valence electrons. The predicted molar refractivity (Wildman–Crippen MR) is 83.1 cm³/mol. The molecule has 1 amide bonds. The summed E-state index contributed by atoms with van der Waals surface area (Å²) in [6.45, 7) is 2.68. The maximum absolute atomic E-state index is 12.8. The van der Waals surface area contributed by atoms with Gasteiger partial charge in [0.05, 0.1) is 18.0 Å². The zero-order valence-corrected chi connectivity index (χ0v) is 13.3. The van der Waals surface area contributed by atoms with Crippen LogP contribution < -0.4 is 0 Å². The Morgan fingerprint density at radius 2 is 2.21 bits per heavy atom. The summed E-state index contributed by atoms with van der Waals surface area (Å²) >= 11 is 0. The Morgan fingerprint density at radius 1 is 1.29 bits per heavy atom. The number of carbonyl (C=O) groups excluding carboxylic acids is 1. The van der Waals surface area contributed by atoms with Crippen molar-refractivity contribution in [2.24, 2.45) is 0 Å². The van der Waals surface area contributed by atoms with E-state index < -0.39 is 0 Å². The van der Waals surface area contributed by atoms with Crippen molar-refractivity contribution >= 4 is 5.91 Å². The molecular formula is C17H17N3O4. The Hall–Kier alpha value is -2.83. The van der Waals surface area contributed by atoms with Crippen LogP contribution >= 0.6 is 0 Å². The van der Waals surface area contributed by atoms with Crippen LogP contribution in [0.1, 0.15) is 47.7 Å². The first-order valence-corrected chi connectivity index (χ1v) is 8.03. The van der Waals surface area contributed by atoms with E-state index in [1.165, 1.54) is 0 Å². The van der Waals surface area contributed by atoms with E-state index in [0.717, 1.165) is 30.7 Å². The predicted octanol–water partition coefficient (Wildman–Crippen LogP) is 3.46. The van der Waals surface area contributed by atoms with E-state index in [1.54, 1.807) is 29.4 Å². The van der Waals surface area contributed by atoms with E-state index in [2.05, 4.69) is 10.3 Å². The lowest BCUT2D eigenvalue weighted by molar-refractivity contribution is 0.0704.